The van der Waals surface area contributed by atoms with Crippen LogP contribution in [0.15, 0.2) is 69.6 Å². The first kappa shape index (κ1) is 39.1. The van der Waals surface area contributed by atoms with Crippen LogP contribution in [0.2, 0.25) is 0 Å². The number of benzene rings is 2. The third kappa shape index (κ3) is 10.2. The van der Waals surface area contributed by atoms with Crippen molar-refractivity contribution in [3.63, 3.8) is 0 Å². The van der Waals surface area contributed by atoms with E-state index in [0.717, 1.165) is 39.5 Å². The van der Waals surface area contributed by atoms with Gasteiger partial charge >= 0.3 is 6.09 Å². The van der Waals surface area contributed by atoms with E-state index in [1.165, 1.54) is 11.3 Å². The van der Waals surface area contributed by atoms with Gasteiger partial charge in [-0.3, -0.25) is 9.59 Å². The van der Waals surface area contributed by atoms with Crippen molar-refractivity contribution in [1.82, 2.24) is 19.8 Å². The zero-order valence-corrected chi connectivity index (χ0v) is 33.2. The highest BCUT2D eigenvalue weighted by Gasteiger charge is 2.29. The van der Waals surface area contributed by atoms with Crippen LogP contribution in [0.3, 0.4) is 0 Å². The number of thioether (sulfide) groups is 1. The van der Waals surface area contributed by atoms with Crippen molar-refractivity contribution in [3.05, 3.63) is 83.7 Å². The van der Waals surface area contributed by atoms with Crippen LogP contribution in [0, 0.1) is 5.92 Å². The minimum atomic E-state index is -0.558. The van der Waals surface area contributed by atoms with Gasteiger partial charge in [-0.25, -0.2) is 14.8 Å². The molecule has 0 radical (unpaired) electrons. The minimum absolute atomic E-state index is 0.0319. The molecule has 0 aliphatic carbocycles. The van der Waals surface area contributed by atoms with E-state index in [2.05, 4.69) is 67.2 Å². The Labute approximate surface area is 315 Å². The van der Waals surface area contributed by atoms with E-state index in [-0.39, 0.29) is 35.3 Å². The van der Waals surface area contributed by atoms with Crippen molar-refractivity contribution in [2.45, 2.75) is 101 Å². The molecule has 0 bridgehead atoms. The fourth-order valence-corrected chi connectivity index (χ4v) is 7.73. The summed E-state index contributed by atoms with van der Waals surface area (Å²) in [6.07, 6.45) is 6.15. The van der Waals surface area contributed by atoms with Crippen LogP contribution >= 0.6 is 23.1 Å². The maximum atomic E-state index is 13.4. The summed E-state index contributed by atoms with van der Waals surface area (Å²) in [7, 11) is 1.79. The molecule has 5 rings (SSSR count). The highest BCUT2D eigenvalue weighted by molar-refractivity contribution is 8.00. The summed E-state index contributed by atoms with van der Waals surface area (Å²) >= 11 is 3.01. The number of hydrogen-bond donors (Lipinski definition) is 1. The van der Waals surface area contributed by atoms with Gasteiger partial charge in [0.25, 0.3) is 5.91 Å². The molecule has 3 heterocycles. The van der Waals surface area contributed by atoms with Gasteiger partial charge in [0, 0.05) is 37.0 Å². The number of anilines is 1. The smallest absolute Gasteiger partial charge is 0.410 e. The lowest BCUT2D eigenvalue weighted by molar-refractivity contribution is -0.121. The molecule has 1 N–H and O–H groups in total. The first-order chi connectivity index (χ1) is 24.6. The number of nitrogens with zero attached hydrogens (tertiary/aromatic N) is 4. The van der Waals surface area contributed by atoms with E-state index in [0.29, 0.717) is 48.3 Å². The third-order valence-electron chi connectivity index (χ3n) is 8.97. The lowest BCUT2D eigenvalue weighted by atomic mass is 9.94. The van der Waals surface area contributed by atoms with Crippen molar-refractivity contribution < 1.29 is 23.5 Å². The van der Waals surface area contributed by atoms with Crippen LogP contribution in [0.1, 0.15) is 108 Å². The average molecular weight is 746 g/mol. The summed E-state index contributed by atoms with van der Waals surface area (Å²) in [4.78, 5) is 51.5. The molecule has 1 fully saturated rings. The molecule has 1 saturated heterocycles. The highest BCUT2D eigenvalue weighted by atomic mass is 32.2. The molecule has 52 heavy (non-hydrogen) atoms. The van der Waals surface area contributed by atoms with Crippen LogP contribution in [-0.2, 0) is 20.7 Å². The van der Waals surface area contributed by atoms with Gasteiger partial charge in [0.15, 0.2) is 5.13 Å². The molecule has 4 aromatic rings. The zero-order chi connectivity index (χ0) is 37.6. The second-order valence-corrected chi connectivity index (χ2v) is 17.6. The fourth-order valence-electron chi connectivity index (χ4n) is 6.00. The molecule has 3 amide bonds. The largest absolute Gasteiger partial charge is 0.444 e. The molecule has 1 atom stereocenters. The number of likely N-dealkylation sites (tertiary alicyclic amines) is 1. The number of nitrogens with one attached hydrogen (secondary N) is 1. The average Bonchev–Trinajstić information content (AvgIpc) is 3.79. The molecule has 1 aliphatic heterocycles. The van der Waals surface area contributed by atoms with E-state index in [1.54, 1.807) is 36.1 Å². The Morgan fingerprint density at radius 2 is 1.62 bits per heavy atom. The molecule has 10 nitrogen and oxygen atoms in total. The van der Waals surface area contributed by atoms with E-state index >= 15 is 0 Å². The van der Waals surface area contributed by atoms with Gasteiger partial charge in [-0.05, 0) is 68.9 Å². The number of thiazole rings is 1. The standard InChI is InChI=1S/C40H51N5O5S2/c1-9-10-31(44(8)38(48)50-40(5,6)7)28-15-11-26(12-16-28)27-13-17-30(18-14-27)36(47)45-21-19-29(20-22-45)35(46)43-37-42-24-34(52-37)51-25-33-41-23-32(49-33)39(2,3)4/h11-18,23-24,29,31H,9-10,19-22,25H2,1-8H3,(H,42,43,46). The molecule has 0 saturated carbocycles. The molecular formula is C40H51N5O5S2. The number of hydrogen-bond acceptors (Lipinski definition) is 9. The lowest BCUT2D eigenvalue weighted by Crippen LogP contribution is -2.41. The fraction of sp³-hybridized carbons (Fsp3) is 0.475. The lowest BCUT2D eigenvalue weighted by Gasteiger charge is -2.31. The van der Waals surface area contributed by atoms with Gasteiger partial charge in [0.2, 0.25) is 11.8 Å². The Kier molecular flexibility index (Phi) is 12.5. The van der Waals surface area contributed by atoms with Crippen molar-refractivity contribution in [2.24, 2.45) is 5.92 Å². The number of rotatable bonds is 11. The van der Waals surface area contributed by atoms with E-state index in [4.69, 9.17) is 9.15 Å². The van der Waals surface area contributed by atoms with Gasteiger partial charge in [-0.15, -0.1) is 11.8 Å². The van der Waals surface area contributed by atoms with Crippen molar-refractivity contribution >= 4 is 46.1 Å². The van der Waals surface area contributed by atoms with Gasteiger partial charge in [0.05, 0.1) is 28.4 Å². The van der Waals surface area contributed by atoms with E-state index < -0.39 is 5.60 Å². The summed E-state index contributed by atoms with van der Waals surface area (Å²) in [6.45, 7) is 15.0. The Hall–Kier alpha value is -4.16. The van der Waals surface area contributed by atoms with Gasteiger partial charge in [0.1, 0.15) is 11.4 Å². The van der Waals surface area contributed by atoms with Crippen molar-refractivity contribution in [1.29, 1.82) is 0 Å². The predicted octanol–water partition coefficient (Wildman–Crippen LogP) is 9.59. The monoisotopic (exact) mass is 745 g/mol. The Morgan fingerprint density at radius 3 is 2.19 bits per heavy atom. The SMILES string of the molecule is CCCC(c1ccc(-c2ccc(C(=O)N3CCC(C(=O)Nc4ncc(SCc5ncc(C(C)(C)C)o5)s4)CC3)cc2)cc1)N(C)C(=O)OC(C)(C)C. The second-order valence-electron chi connectivity index (χ2n) is 15.3. The van der Waals surface area contributed by atoms with Gasteiger partial charge < -0.3 is 24.3 Å². The van der Waals surface area contributed by atoms with Gasteiger partial charge in [-0.1, -0.05) is 81.9 Å². The second kappa shape index (κ2) is 16.7. The molecule has 1 unspecified atom stereocenters. The molecule has 0 spiro atoms. The maximum Gasteiger partial charge on any atom is 0.410 e. The summed E-state index contributed by atoms with van der Waals surface area (Å²) in [5, 5.41) is 3.54. The quantitative estimate of drug-likeness (QED) is 0.151. The topological polar surface area (TPSA) is 118 Å². The van der Waals surface area contributed by atoms with E-state index in [1.807, 2.05) is 49.9 Å². The van der Waals surface area contributed by atoms with Crippen LogP contribution in [0.25, 0.3) is 11.1 Å². The normalized spacial score (nSPS) is 14.6. The summed E-state index contributed by atoms with van der Waals surface area (Å²) in [5.41, 5.74) is 3.05. The molecular weight excluding hydrogens is 695 g/mol. The number of ether oxygens (including phenoxy) is 1. The number of amides is 3. The molecule has 278 valence electrons. The minimum Gasteiger partial charge on any atom is -0.444 e. The van der Waals surface area contributed by atoms with Crippen LogP contribution in [0.4, 0.5) is 9.93 Å². The Bertz CT molecular complexity index is 1810. The molecule has 12 heteroatoms. The number of carbonyl (C=O) groups is 3. The molecule has 2 aromatic carbocycles. The summed E-state index contributed by atoms with van der Waals surface area (Å²) in [6, 6.07) is 15.8. The zero-order valence-electron chi connectivity index (χ0n) is 31.5. The Balaban J connectivity index is 1.10. The highest BCUT2D eigenvalue weighted by Crippen LogP contribution is 2.33. The predicted molar refractivity (Wildman–Crippen MR) is 208 cm³/mol. The molecule has 2 aromatic heterocycles. The molecule has 1 aliphatic rings. The summed E-state index contributed by atoms with van der Waals surface area (Å²) < 4.78 is 12.5. The number of piperidine rings is 1. The summed E-state index contributed by atoms with van der Waals surface area (Å²) in [5.74, 6) is 1.83. The van der Waals surface area contributed by atoms with E-state index in [9.17, 15) is 14.4 Å². The Morgan fingerprint density at radius 1 is 0.981 bits per heavy atom. The van der Waals surface area contributed by atoms with Crippen molar-refractivity contribution in [3.8, 4) is 11.1 Å². The van der Waals surface area contributed by atoms with Crippen LogP contribution < -0.4 is 5.32 Å². The van der Waals surface area contributed by atoms with Crippen LogP contribution in [0.5, 0.6) is 0 Å². The number of carbonyl (C=O) groups excluding carboxylic acids is 3. The van der Waals surface area contributed by atoms with Gasteiger partial charge in [-0.2, -0.15) is 0 Å². The number of aromatic nitrogens is 2. The first-order valence-electron chi connectivity index (χ1n) is 17.9. The number of oxazole rings is 1. The third-order valence-corrected chi connectivity index (χ3v) is 11.1. The van der Waals surface area contributed by atoms with Crippen LogP contribution in [-0.4, -0.2) is 63.4 Å². The maximum absolute atomic E-state index is 13.4. The first-order valence-corrected chi connectivity index (χ1v) is 19.7. The van der Waals surface area contributed by atoms with Crippen molar-refractivity contribution in [2.75, 3.05) is 25.5 Å².